The summed E-state index contributed by atoms with van der Waals surface area (Å²) in [7, 11) is 3.15. The Morgan fingerprint density at radius 2 is 1.48 bits per heavy atom. The number of amides is 2. The van der Waals surface area contributed by atoms with Crippen molar-refractivity contribution in [3.8, 4) is 11.5 Å². The monoisotopic (exact) mass is 320 g/mol. The molecule has 0 unspecified atom stereocenters. The van der Waals surface area contributed by atoms with Gasteiger partial charge in [-0.1, -0.05) is 0 Å². The maximum Gasteiger partial charge on any atom is 0.254 e. The molecule has 1 aliphatic heterocycles. The van der Waals surface area contributed by atoms with Crippen LogP contribution >= 0.6 is 0 Å². The molecule has 0 saturated carbocycles. The highest BCUT2D eigenvalue weighted by molar-refractivity contribution is 5.95. The average molecular weight is 320 g/mol. The predicted octanol–water partition coefficient (Wildman–Crippen LogP) is 1.71. The van der Waals surface area contributed by atoms with E-state index in [0.29, 0.717) is 43.2 Å². The molecule has 0 aliphatic carbocycles. The molecule has 1 aromatic rings. The zero-order valence-electron chi connectivity index (χ0n) is 14.2. The molecule has 0 aromatic heterocycles. The Hall–Kier alpha value is -2.24. The molecular weight excluding hydrogens is 296 g/mol. The van der Waals surface area contributed by atoms with Crippen LogP contribution in [0.2, 0.25) is 0 Å². The summed E-state index contributed by atoms with van der Waals surface area (Å²) in [6.45, 7) is 5.90. The molecule has 2 rings (SSSR count). The highest BCUT2D eigenvalue weighted by Crippen LogP contribution is 2.30. The smallest absolute Gasteiger partial charge is 0.254 e. The number of benzene rings is 1. The number of rotatable bonds is 3. The molecule has 1 fully saturated rings. The second-order valence-corrected chi connectivity index (χ2v) is 5.66. The van der Waals surface area contributed by atoms with Gasteiger partial charge in [-0.2, -0.15) is 0 Å². The quantitative estimate of drug-likeness (QED) is 0.851. The van der Waals surface area contributed by atoms with Gasteiger partial charge in [0.25, 0.3) is 5.91 Å². The Morgan fingerprint density at radius 1 is 0.957 bits per heavy atom. The van der Waals surface area contributed by atoms with Gasteiger partial charge in [0.15, 0.2) is 0 Å². The van der Waals surface area contributed by atoms with E-state index >= 15 is 0 Å². The summed E-state index contributed by atoms with van der Waals surface area (Å²) in [4.78, 5) is 27.8. The first-order valence-corrected chi connectivity index (χ1v) is 7.75. The van der Waals surface area contributed by atoms with E-state index < -0.39 is 0 Å². The lowest BCUT2D eigenvalue weighted by Gasteiger charge is -2.22. The van der Waals surface area contributed by atoms with Crippen molar-refractivity contribution in [1.29, 1.82) is 0 Å². The largest absolute Gasteiger partial charge is 0.496 e. The van der Waals surface area contributed by atoms with E-state index in [1.165, 1.54) is 0 Å². The molecular formula is C17H24N2O4. The Bertz CT molecular complexity index is 575. The van der Waals surface area contributed by atoms with Gasteiger partial charge in [-0.05, 0) is 25.5 Å². The van der Waals surface area contributed by atoms with Crippen LogP contribution in [-0.4, -0.2) is 62.0 Å². The van der Waals surface area contributed by atoms with E-state index in [4.69, 9.17) is 9.47 Å². The van der Waals surface area contributed by atoms with Crippen LogP contribution in [-0.2, 0) is 4.79 Å². The summed E-state index contributed by atoms with van der Waals surface area (Å²) in [6.07, 6.45) is 0.783. The van der Waals surface area contributed by atoms with Crippen molar-refractivity contribution in [2.45, 2.75) is 20.3 Å². The zero-order valence-corrected chi connectivity index (χ0v) is 14.2. The SMILES string of the molecule is COc1cc(C(=O)N2CCCN(C(C)=O)CC2)cc(OC)c1C. The molecule has 1 aromatic carbocycles. The van der Waals surface area contributed by atoms with Gasteiger partial charge >= 0.3 is 0 Å². The van der Waals surface area contributed by atoms with Crippen LogP contribution in [0.5, 0.6) is 11.5 Å². The molecule has 1 aliphatic rings. The maximum absolute atomic E-state index is 12.8. The summed E-state index contributed by atoms with van der Waals surface area (Å²) in [5, 5.41) is 0. The summed E-state index contributed by atoms with van der Waals surface area (Å²) >= 11 is 0. The number of carbonyl (C=O) groups is 2. The minimum absolute atomic E-state index is 0.0537. The van der Waals surface area contributed by atoms with Crippen LogP contribution < -0.4 is 9.47 Å². The van der Waals surface area contributed by atoms with Gasteiger partial charge < -0.3 is 19.3 Å². The number of methoxy groups -OCH3 is 2. The molecule has 2 amide bonds. The van der Waals surface area contributed by atoms with Gasteiger partial charge in [0.2, 0.25) is 5.91 Å². The molecule has 0 N–H and O–H groups in total. The van der Waals surface area contributed by atoms with Gasteiger partial charge in [0.05, 0.1) is 14.2 Å². The fraction of sp³-hybridized carbons (Fsp3) is 0.529. The van der Waals surface area contributed by atoms with E-state index in [2.05, 4.69) is 0 Å². The number of carbonyl (C=O) groups excluding carboxylic acids is 2. The number of nitrogens with zero attached hydrogens (tertiary/aromatic N) is 2. The molecule has 6 heteroatoms. The summed E-state index contributed by atoms with van der Waals surface area (Å²) in [6, 6.07) is 3.49. The van der Waals surface area contributed by atoms with Gasteiger partial charge in [-0.3, -0.25) is 9.59 Å². The van der Waals surface area contributed by atoms with Crippen molar-refractivity contribution in [1.82, 2.24) is 9.80 Å². The normalized spacial score (nSPS) is 15.1. The highest BCUT2D eigenvalue weighted by atomic mass is 16.5. The van der Waals surface area contributed by atoms with E-state index in [0.717, 1.165) is 12.0 Å². The number of hydrogen-bond donors (Lipinski definition) is 0. The number of ether oxygens (including phenoxy) is 2. The van der Waals surface area contributed by atoms with Crippen molar-refractivity contribution < 1.29 is 19.1 Å². The van der Waals surface area contributed by atoms with Crippen LogP contribution in [0.4, 0.5) is 0 Å². The zero-order chi connectivity index (χ0) is 17.0. The van der Waals surface area contributed by atoms with Crippen molar-refractivity contribution in [2.24, 2.45) is 0 Å². The van der Waals surface area contributed by atoms with Crippen LogP contribution in [0.1, 0.15) is 29.3 Å². The van der Waals surface area contributed by atoms with Crippen LogP contribution in [0.15, 0.2) is 12.1 Å². The van der Waals surface area contributed by atoms with Crippen LogP contribution in [0.25, 0.3) is 0 Å². The van der Waals surface area contributed by atoms with Crippen molar-refractivity contribution >= 4 is 11.8 Å². The van der Waals surface area contributed by atoms with Crippen LogP contribution in [0, 0.1) is 6.92 Å². The Labute approximate surface area is 137 Å². The van der Waals surface area contributed by atoms with Gasteiger partial charge in [0.1, 0.15) is 11.5 Å². The molecule has 126 valence electrons. The Morgan fingerprint density at radius 3 is 2.00 bits per heavy atom. The van der Waals surface area contributed by atoms with E-state index in [-0.39, 0.29) is 11.8 Å². The summed E-state index contributed by atoms with van der Waals surface area (Å²) in [5.74, 6) is 1.26. The van der Waals surface area contributed by atoms with Crippen molar-refractivity contribution in [3.63, 3.8) is 0 Å². The first-order valence-electron chi connectivity index (χ1n) is 7.75. The molecule has 0 atom stereocenters. The van der Waals surface area contributed by atoms with Gasteiger partial charge in [-0.15, -0.1) is 0 Å². The molecule has 1 heterocycles. The third kappa shape index (κ3) is 3.75. The second-order valence-electron chi connectivity index (χ2n) is 5.66. The Kier molecular flexibility index (Phi) is 5.47. The third-order valence-corrected chi connectivity index (χ3v) is 4.23. The summed E-state index contributed by atoms with van der Waals surface area (Å²) in [5.41, 5.74) is 1.41. The predicted molar refractivity (Wildman–Crippen MR) is 87.1 cm³/mol. The summed E-state index contributed by atoms with van der Waals surface area (Å²) < 4.78 is 10.7. The lowest BCUT2D eigenvalue weighted by Crippen LogP contribution is -2.36. The van der Waals surface area contributed by atoms with Crippen molar-refractivity contribution in [2.75, 3.05) is 40.4 Å². The molecule has 1 saturated heterocycles. The number of hydrogen-bond acceptors (Lipinski definition) is 4. The molecule has 6 nitrogen and oxygen atoms in total. The highest BCUT2D eigenvalue weighted by Gasteiger charge is 2.23. The molecule has 0 spiro atoms. The third-order valence-electron chi connectivity index (χ3n) is 4.23. The minimum Gasteiger partial charge on any atom is -0.496 e. The Balaban J connectivity index is 2.21. The molecule has 23 heavy (non-hydrogen) atoms. The average Bonchev–Trinajstić information content (AvgIpc) is 2.80. The van der Waals surface area contributed by atoms with Gasteiger partial charge in [0, 0.05) is 44.2 Å². The van der Waals surface area contributed by atoms with E-state index in [1.54, 1.807) is 43.1 Å². The fourth-order valence-corrected chi connectivity index (χ4v) is 2.83. The maximum atomic E-state index is 12.8. The van der Waals surface area contributed by atoms with Crippen LogP contribution in [0.3, 0.4) is 0 Å². The van der Waals surface area contributed by atoms with Crippen molar-refractivity contribution in [3.05, 3.63) is 23.3 Å². The lowest BCUT2D eigenvalue weighted by atomic mass is 10.1. The molecule has 0 radical (unpaired) electrons. The van der Waals surface area contributed by atoms with E-state index in [1.807, 2.05) is 6.92 Å². The second kappa shape index (κ2) is 7.35. The lowest BCUT2D eigenvalue weighted by molar-refractivity contribution is -0.128. The van der Waals surface area contributed by atoms with Gasteiger partial charge in [-0.25, -0.2) is 0 Å². The molecule has 0 bridgehead atoms. The van der Waals surface area contributed by atoms with E-state index in [9.17, 15) is 9.59 Å². The first-order chi connectivity index (χ1) is 11.0. The first kappa shape index (κ1) is 17.1. The topological polar surface area (TPSA) is 59.1 Å². The standard InChI is InChI=1S/C17H24N2O4/c1-12-15(22-3)10-14(11-16(12)23-4)17(21)19-7-5-6-18(8-9-19)13(2)20/h10-11H,5-9H2,1-4H3. The fourth-order valence-electron chi connectivity index (χ4n) is 2.83. The minimum atomic E-state index is -0.0630.